The molecule has 19 heavy (non-hydrogen) atoms. The van der Waals surface area contributed by atoms with Gasteiger partial charge in [-0.3, -0.25) is 4.79 Å². The van der Waals surface area contributed by atoms with Crippen molar-refractivity contribution in [2.24, 2.45) is 0 Å². The zero-order valence-electron chi connectivity index (χ0n) is 12.0. The number of likely N-dealkylation sites (N-methyl/N-ethyl adjacent to an activating group) is 1. The molecular formula is C15H21ClN2O. The molecule has 0 saturated carbocycles. The van der Waals surface area contributed by atoms with E-state index in [1.54, 1.807) is 11.0 Å². The van der Waals surface area contributed by atoms with E-state index in [-0.39, 0.29) is 11.8 Å². The van der Waals surface area contributed by atoms with Crippen molar-refractivity contribution in [3.8, 4) is 0 Å². The molecule has 0 atom stereocenters. The van der Waals surface area contributed by atoms with Crippen molar-refractivity contribution < 1.29 is 4.79 Å². The third kappa shape index (κ3) is 4.35. The van der Waals surface area contributed by atoms with Crippen molar-refractivity contribution >= 4 is 17.5 Å². The van der Waals surface area contributed by atoms with E-state index in [1.165, 1.54) is 0 Å². The van der Waals surface area contributed by atoms with E-state index in [4.69, 9.17) is 11.6 Å². The molecule has 0 spiro atoms. The Morgan fingerprint density at radius 2 is 2.11 bits per heavy atom. The van der Waals surface area contributed by atoms with Gasteiger partial charge in [-0.15, -0.1) is 0 Å². The van der Waals surface area contributed by atoms with E-state index in [0.717, 1.165) is 11.3 Å². The lowest BCUT2D eigenvalue weighted by Gasteiger charge is -2.21. The summed E-state index contributed by atoms with van der Waals surface area (Å²) in [5.74, 6) is 0.207. The minimum atomic E-state index is -0.0308. The Kier molecular flexibility index (Phi) is 5.55. The summed E-state index contributed by atoms with van der Waals surface area (Å²) in [6.45, 7) is 13.0. The Morgan fingerprint density at radius 1 is 1.47 bits per heavy atom. The topological polar surface area (TPSA) is 33.2 Å². The average molecular weight is 281 g/mol. The highest BCUT2D eigenvalue weighted by molar-refractivity contribution is 6.29. The number of amides is 1. The highest BCUT2D eigenvalue weighted by Gasteiger charge is 2.16. The van der Waals surface area contributed by atoms with Crippen LogP contribution in [-0.2, 0) is 0 Å². The zero-order chi connectivity index (χ0) is 14.6. The van der Waals surface area contributed by atoms with Crippen molar-refractivity contribution in [3.05, 3.63) is 40.7 Å². The standard InChI is InChI=1S/C15H21ClN2O/c1-6-18(9-10(2)3)15(19)12-7-13(11(4)5)17-14(16)8-12/h7-8,11H,2,6,9H2,1,3-5H3. The molecule has 1 aromatic heterocycles. The van der Waals surface area contributed by atoms with Gasteiger partial charge in [-0.2, -0.15) is 0 Å². The summed E-state index contributed by atoms with van der Waals surface area (Å²) in [4.78, 5) is 18.4. The van der Waals surface area contributed by atoms with Crippen LogP contribution < -0.4 is 0 Å². The number of aromatic nitrogens is 1. The fourth-order valence-electron chi connectivity index (χ4n) is 1.77. The molecule has 0 aliphatic rings. The van der Waals surface area contributed by atoms with Crippen LogP contribution in [0.3, 0.4) is 0 Å². The summed E-state index contributed by atoms with van der Waals surface area (Å²) in [5.41, 5.74) is 2.38. The summed E-state index contributed by atoms with van der Waals surface area (Å²) < 4.78 is 0. The number of hydrogen-bond acceptors (Lipinski definition) is 2. The lowest BCUT2D eigenvalue weighted by Crippen LogP contribution is -2.32. The molecule has 1 heterocycles. The third-order valence-corrected chi connectivity index (χ3v) is 2.98. The molecule has 0 aliphatic carbocycles. The molecule has 0 radical (unpaired) electrons. The first kappa shape index (κ1) is 15.7. The number of pyridine rings is 1. The van der Waals surface area contributed by atoms with Gasteiger partial charge in [0.1, 0.15) is 5.15 Å². The van der Waals surface area contributed by atoms with Crippen LogP contribution in [0.1, 0.15) is 49.7 Å². The summed E-state index contributed by atoms with van der Waals surface area (Å²) in [6.07, 6.45) is 0. The fraction of sp³-hybridized carbons (Fsp3) is 0.467. The smallest absolute Gasteiger partial charge is 0.254 e. The van der Waals surface area contributed by atoms with E-state index in [9.17, 15) is 4.79 Å². The minimum Gasteiger partial charge on any atom is -0.335 e. The first-order valence-corrected chi connectivity index (χ1v) is 6.84. The largest absolute Gasteiger partial charge is 0.335 e. The van der Waals surface area contributed by atoms with Gasteiger partial charge < -0.3 is 4.90 Å². The van der Waals surface area contributed by atoms with Gasteiger partial charge in [-0.25, -0.2) is 4.98 Å². The summed E-state index contributed by atoms with van der Waals surface area (Å²) in [7, 11) is 0. The maximum Gasteiger partial charge on any atom is 0.254 e. The molecule has 0 fully saturated rings. The van der Waals surface area contributed by atoms with Gasteiger partial charge in [0.25, 0.3) is 5.91 Å². The van der Waals surface area contributed by atoms with E-state index in [0.29, 0.717) is 23.8 Å². The SMILES string of the molecule is C=C(C)CN(CC)C(=O)c1cc(Cl)nc(C(C)C)c1. The second-order valence-corrected chi connectivity index (χ2v) is 5.42. The monoisotopic (exact) mass is 280 g/mol. The van der Waals surface area contributed by atoms with Crippen LogP contribution in [0.2, 0.25) is 5.15 Å². The average Bonchev–Trinajstić information content (AvgIpc) is 2.34. The second kappa shape index (κ2) is 6.71. The van der Waals surface area contributed by atoms with Gasteiger partial charge in [0, 0.05) is 24.3 Å². The van der Waals surface area contributed by atoms with Crippen LogP contribution in [0.5, 0.6) is 0 Å². The Hall–Kier alpha value is -1.35. The highest BCUT2D eigenvalue weighted by atomic mass is 35.5. The van der Waals surface area contributed by atoms with E-state index in [2.05, 4.69) is 11.6 Å². The van der Waals surface area contributed by atoms with Gasteiger partial charge in [0.2, 0.25) is 0 Å². The van der Waals surface area contributed by atoms with Crippen LogP contribution in [0.25, 0.3) is 0 Å². The molecule has 0 unspecified atom stereocenters. The van der Waals surface area contributed by atoms with Crippen molar-refractivity contribution in [1.82, 2.24) is 9.88 Å². The highest BCUT2D eigenvalue weighted by Crippen LogP contribution is 2.19. The zero-order valence-corrected chi connectivity index (χ0v) is 12.8. The molecular weight excluding hydrogens is 260 g/mol. The van der Waals surface area contributed by atoms with Gasteiger partial charge in [-0.1, -0.05) is 37.6 Å². The molecule has 0 N–H and O–H groups in total. The van der Waals surface area contributed by atoms with Crippen LogP contribution in [0.4, 0.5) is 0 Å². The summed E-state index contributed by atoms with van der Waals surface area (Å²) in [5, 5.41) is 0.362. The van der Waals surface area contributed by atoms with E-state index in [1.807, 2.05) is 33.8 Å². The molecule has 1 rings (SSSR count). The number of hydrogen-bond donors (Lipinski definition) is 0. The first-order valence-electron chi connectivity index (χ1n) is 6.46. The van der Waals surface area contributed by atoms with Crippen molar-refractivity contribution in [1.29, 1.82) is 0 Å². The predicted molar refractivity (Wildman–Crippen MR) is 79.7 cm³/mol. The Balaban J connectivity index is 3.07. The first-order chi connectivity index (χ1) is 8.85. The normalized spacial score (nSPS) is 10.6. The molecule has 4 heteroatoms. The second-order valence-electron chi connectivity index (χ2n) is 5.03. The quantitative estimate of drug-likeness (QED) is 0.605. The van der Waals surface area contributed by atoms with Gasteiger partial charge >= 0.3 is 0 Å². The molecule has 0 saturated heterocycles. The van der Waals surface area contributed by atoms with Crippen molar-refractivity contribution in [2.75, 3.05) is 13.1 Å². The number of halogens is 1. The maximum atomic E-state index is 12.4. The Labute approximate surface area is 120 Å². The van der Waals surface area contributed by atoms with E-state index < -0.39 is 0 Å². The third-order valence-electron chi connectivity index (χ3n) is 2.78. The number of rotatable bonds is 5. The van der Waals surface area contributed by atoms with Gasteiger partial charge in [0.15, 0.2) is 0 Å². The van der Waals surface area contributed by atoms with Crippen LogP contribution >= 0.6 is 11.6 Å². The fourth-order valence-corrected chi connectivity index (χ4v) is 1.99. The molecule has 1 aromatic rings. The lowest BCUT2D eigenvalue weighted by atomic mass is 10.1. The number of nitrogens with zero attached hydrogens (tertiary/aromatic N) is 2. The van der Waals surface area contributed by atoms with E-state index >= 15 is 0 Å². The molecule has 0 aromatic carbocycles. The summed E-state index contributed by atoms with van der Waals surface area (Å²) in [6, 6.07) is 3.44. The molecule has 1 amide bonds. The molecule has 104 valence electrons. The van der Waals surface area contributed by atoms with Gasteiger partial charge in [-0.05, 0) is 31.9 Å². The molecule has 0 aliphatic heterocycles. The maximum absolute atomic E-state index is 12.4. The van der Waals surface area contributed by atoms with Crippen LogP contribution in [0, 0.1) is 0 Å². The van der Waals surface area contributed by atoms with Crippen LogP contribution in [0.15, 0.2) is 24.3 Å². The van der Waals surface area contributed by atoms with Crippen molar-refractivity contribution in [3.63, 3.8) is 0 Å². The van der Waals surface area contributed by atoms with Gasteiger partial charge in [0.05, 0.1) is 0 Å². The Bertz CT molecular complexity index is 483. The molecule has 0 bridgehead atoms. The molecule has 3 nitrogen and oxygen atoms in total. The predicted octanol–water partition coefficient (Wildman–Crippen LogP) is 3.90. The number of carbonyl (C=O) groups is 1. The number of carbonyl (C=O) groups excluding carboxylic acids is 1. The minimum absolute atomic E-state index is 0.0308. The lowest BCUT2D eigenvalue weighted by molar-refractivity contribution is 0.0778. The summed E-state index contributed by atoms with van der Waals surface area (Å²) >= 11 is 5.99. The van der Waals surface area contributed by atoms with Crippen molar-refractivity contribution in [2.45, 2.75) is 33.6 Å². The van der Waals surface area contributed by atoms with Crippen LogP contribution in [-0.4, -0.2) is 28.9 Å². The Morgan fingerprint density at radius 3 is 2.58 bits per heavy atom.